The van der Waals surface area contributed by atoms with Crippen LogP contribution in [0.2, 0.25) is 0 Å². The summed E-state index contributed by atoms with van der Waals surface area (Å²) < 4.78 is 16.2. The van der Waals surface area contributed by atoms with Gasteiger partial charge in [0.15, 0.2) is 6.54 Å². The van der Waals surface area contributed by atoms with E-state index in [1.807, 2.05) is 24.3 Å². The van der Waals surface area contributed by atoms with E-state index < -0.39 is 0 Å². The maximum Gasteiger partial charge on any atom is 0.279 e. The summed E-state index contributed by atoms with van der Waals surface area (Å²) >= 11 is 0. The first-order valence-electron chi connectivity index (χ1n) is 9.38. The third kappa shape index (κ3) is 4.48. The van der Waals surface area contributed by atoms with Gasteiger partial charge in [-0.1, -0.05) is 18.2 Å². The number of ether oxygens (including phenoxy) is 3. The molecule has 7 nitrogen and oxygen atoms in total. The molecule has 1 saturated heterocycles. The lowest BCUT2D eigenvalue weighted by Crippen LogP contribution is -3.15. The molecular formula is C21H28N3O4+. The molecule has 0 spiro atoms. The molecule has 0 aliphatic carbocycles. The molecule has 1 aliphatic rings. The normalized spacial score (nSPS) is 14.5. The van der Waals surface area contributed by atoms with Crippen molar-refractivity contribution in [2.75, 3.05) is 64.3 Å². The number of methoxy groups -OCH3 is 3. The van der Waals surface area contributed by atoms with E-state index >= 15 is 0 Å². The first kappa shape index (κ1) is 19.8. The molecule has 2 aromatic carbocycles. The van der Waals surface area contributed by atoms with Crippen LogP contribution in [-0.4, -0.2) is 60.0 Å². The van der Waals surface area contributed by atoms with Gasteiger partial charge < -0.3 is 29.3 Å². The van der Waals surface area contributed by atoms with Gasteiger partial charge in [-0.05, 0) is 24.3 Å². The Bertz CT molecular complexity index is 782. The average molecular weight is 386 g/mol. The molecule has 0 atom stereocenters. The minimum atomic E-state index is -0.0523. The summed E-state index contributed by atoms with van der Waals surface area (Å²) in [5.41, 5.74) is 1.68. The van der Waals surface area contributed by atoms with Gasteiger partial charge in [-0.2, -0.15) is 0 Å². The first-order chi connectivity index (χ1) is 13.7. The Balaban J connectivity index is 1.57. The van der Waals surface area contributed by atoms with Gasteiger partial charge in [-0.15, -0.1) is 0 Å². The maximum atomic E-state index is 12.6. The summed E-state index contributed by atoms with van der Waals surface area (Å²) in [5, 5.41) is 2.95. The van der Waals surface area contributed by atoms with Crippen LogP contribution in [0.4, 0.5) is 11.4 Å². The molecule has 0 radical (unpaired) electrons. The van der Waals surface area contributed by atoms with Crippen LogP contribution in [0.1, 0.15) is 0 Å². The molecule has 1 aliphatic heterocycles. The van der Waals surface area contributed by atoms with Crippen molar-refractivity contribution in [3.8, 4) is 17.2 Å². The molecule has 1 fully saturated rings. The van der Waals surface area contributed by atoms with Gasteiger partial charge in [0, 0.05) is 0 Å². The smallest absolute Gasteiger partial charge is 0.279 e. The van der Waals surface area contributed by atoms with Gasteiger partial charge in [0.25, 0.3) is 5.91 Å². The van der Waals surface area contributed by atoms with E-state index in [1.165, 1.54) is 4.90 Å². The topological polar surface area (TPSA) is 64.5 Å². The fraction of sp³-hybridized carbons (Fsp3) is 0.381. The summed E-state index contributed by atoms with van der Waals surface area (Å²) in [6.07, 6.45) is 0. The number of piperazine rings is 1. The average Bonchev–Trinajstić information content (AvgIpc) is 2.74. The molecule has 1 heterocycles. The molecular weight excluding hydrogens is 358 g/mol. The van der Waals surface area contributed by atoms with Crippen LogP contribution < -0.4 is 29.3 Å². The molecule has 3 rings (SSSR count). The number of benzene rings is 2. The van der Waals surface area contributed by atoms with Crippen LogP contribution in [0.25, 0.3) is 0 Å². The zero-order valence-corrected chi connectivity index (χ0v) is 16.7. The second kappa shape index (κ2) is 9.32. The lowest BCUT2D eigenvalue weighted by Gasteiger charge is -2.34. The summed E-state index contributed by atoms with van der Waals surface area (Å²) in [6.45, 7) is 3.92. The van der Waals surface area contributed by atoms with Crippen molar-refractivity contribution in [3.63, 3.8) is 0 Å². The predicted octanol–water partition coefficient (Wildman–Crippen LogP) is 1.06. The number of hydrogen-bond acceptors (Lipinski definition) is 5. The lowest BCUT2D eigenvalue weighted by atomic mass is 10.2. The number of nitrogens with one attached hydrogen (secondary N) is 2. The van der Waals surface area contributed by atoms with Crippen molar-refractivity contribution >= 4 is 17.3 Å². The number of amides is 1. The van der Waals surface area contributed by atoms with E-state index in [4.69, 9.17) is 14.2 Å². The fourth-order valence-corrected chi connectivity index (χ4v) is 3.52. The van der Waals surface area contributed by atoms with Crippen LogP contribution >= 0.6 is 0 Å². The molecule has 0 unspecified atom stereocenters. The van der Waals surface area contributed by atoms with Crippen LogP contribution in [0.5, 0.6) is 17.2 Å². The predicted molar refractivity (Wildman–Crippen MR) is 109 cm³/mol. The first-order valence-corrected chi connectivity index (χ1v) is 9.38. The van der Waals surface area contributed by atoms with E-state index in [2.05, 4.69) is 16.3 Å². The van der Waals surface area contributed by atoms with E-state index in [1.54, 1.807) is 33.5 Å². The number of hydrogen-bond donors (Lipinski definition) is 2. The van der Waals surface area contributed by atoms with Crippen LogP contribution in [0.15, 0.2) is 42.5 Å². The Morgan fingerprint density at radius 3 is 2.11 bits per heavy atom. The van der Waals surface area contributed by atoms with Gasteiger partial charge in [-0.25, -0.2) is 0 Å². The monoisotopic (exact) mass is 386 g/mol. The summed E-state index contributed by atoms with van der Waals surface area (Å²) in [4.78, 5) is 16.1. The largest absolute Gasteiger partial charge is 0.495 e. The van der Waals surface area contributed by atoms with Gasteiger partial charge in [0.05, 0.1) is 53.2 Å². The van der Waals surface area contributed by atoms with Crippen molar-refractivity contribution < 1.29 is 23.9 Å². The van der Waals surface area contributed by atoms with Crippen molar-refractivity contribution in [1.29, 1.82) is 0 Å². The Kier molecular flexibility index (Phi) is 6.60. The minimum absolute atomic E-state index is 0.0523. The van der Waals surface area contributed by atoms with Gasteiger partial charge >= 0.3 is 0 Å². The highest BCUT2D eigenvalue weighted by molar-refractivity contribution is 5.94. The molecule has 150 valence electrons. The van der Waals surface area contributed by atoms with E-state index in [9.17, 15) is 4.79 Å². The van der Waals surface area contributed by atoms with Crippen molar-refractivity contribution in [2.45, 2.75) is 0 Å². The molecule has 0 aromatic heterocycles. The zero-order valence-electron chi connectivity index (χ0n) is 16.7. The van der Waals surface area contributed by atoms with E-state index in [-0.39, 0.29) is 5.91 Å². The highest BCUT2D eigenvalue weighted by atomic mass is 16.5. The van der Waals surface area contributed by atoms with E-state index in [0.29, 0.717) is 23.7 Å². The number of carbonyl (C=O) groups excluding carboxylic acids is 1. The minimum Gasteiger partial charge on any atom is -0.495 e. The molecule has 2 N–H and O–H groups in total. The maximum absolute atomic E-state index is 12.6. The molecule has 1 amide bonds. The second-order valence-electron chi connectivity index (χ2n) is 6.67. The van der Waals surface area contributed by atoms with Gasteiger partial charge in [0.1, 0.15) is 22.9 Å². The fourth-order valence-electron chi connectivity index (χ4n) is 3.52. The number of quaternary nitrogens is 1. The highest BCUT2D eigenvalue weighted by Gasteiger charge is 2.24. The summed E-state index contributed by atoms with van der Waals surface area (Å²) in [7, 11) is 4.84. The highest BCUT2D eigenvalue weighted by Crippen LogP contribution is 2.34. The standard InChI is InChI=1S/C21H27N3O4/c1-26-17-8-5-4-7-16(17)24-13-11-23(12-14-24)15-20(25)22-21-18(27-2)9-6-10-19(21)28-3/h4-10H,11-15H2,1-3H3,(H,22,25)/p+1. The third-order valence-corrected chi connectivity index (χ3v) is 5.00. The Labute approximate surface area is 165 Å². The van der Waals surface area contributed by atoms with Crippen molar-refractivity contribution in [1.82, 2.24) is 0 Å². The Morgan fingerprint density at radius 2 is 1.50 bits per heavy atom. The number of rotatable bonds is 7. The molecule has 0 saturated carbocycles. The van der Waals surface area contributed by atoms with Crippen molar-refractivity contribution in [3.05, 3.63) is 42.5 Å². The number of nitrogens with zero attached hydrogens (tertiary/aromatic N) is 1. The molecule has 28 heavy (non-hydrogen) atoms. The van der Waals surface area contributed by atoms with Crippen LogP contribution in [-0.2, 0) is 4.79 Å². The second-order valence-corrected chi connectivity index (χ2v) is 6.67. The molecule has 0 bridgehead atoms. The number of anilines is 2. The number of para-hydroxylation sites is 3. The Hall–Kier alpha value is -2.93. The SMILES string of the molecule is COc1ccccc1N1CC[NH+](CC(=O)Nc2c(OC)cccc2OC)CC1. The van der Waals surface area contributed by atoms with Crippen molar-refractivity contribution in [2.24, 2.45) is 0 Å². The lowest BCUT2D eigenvalue weighted by molar-refractivity contribution is -0.892. The van der Waals surface area contributed by atoms with Gasteiger partial charge in [-0.3, -0.25) is 4.79 Å². The quantitative estimate of drug-likeness (QED) is 0.745. The van der Waals surface area contributed by atoms with Gasteiger partial charge in [0.2, 0.25) is 0 Å². The molecule has 2 aromatic rings. The van der Waals surface area contributed by atoms with Crippen LogP contribution in [0, 0.1) is 0 Å². The molecule has 7 heteroatoms. The third-order valence-electron chi connectivity index (χ3n) is 5.00. The van der Waals surface area contributed by atoms with E-state index in [0.717, 1.165) is 37.6 Å². The summed E-state index contributed by atoms with van der Waals surface area (Å²) in [5.74, 6) is 2.00. The summed E-state index contributed by atoms with van der Waals surface area (Å²) in [6, 6.07) is 13.5. The zero-order chi connectivity index (χ0) is 19.9. The Morgan fingerprint density at radius 1 is 0.929 bits per heavy atom. The van der Waals surface area contributed by atoms with Crippen LogP contribution in [0.3, 0.4) is 0 Å². The number of carbonyl (C=O) groups is 1.